The second-order valence-corrected chi connectivity index (χ2v) is 14.0. The second kappa shape index (κ2) is 12.6. The Kier molecular flexibility index (Phi) is 7.14. The van der Waals surface area contributed by atoms with Crippen LogP contribution in [-0.2, 0) is 0 Å². The number of fused-ring (bicyclic) bond motifs is 6. The van der Waals surface area contributed by atoms with Crippen LogP contribution >= 0.6 is 0 Å². The first-order chi connectivity index (χ1) is 27.3. The van der Waals surface area contributed by atoms with Crippen molar-refractivity contribution in [1.29, 1.82) is 0 Å². The predicted molar refractivity (Wildman–Crippen MR) is 228 cm³/mol. The molecule has 11 rings (SSSR count). The lowest BCUT2D eigenvalue weighted by molar-refractivity contribution is 1.10. The lowest BCUT2D eigenvalue weighted by Gasteiger charge is -2.15. The van der Waals surface area contributed by atoms with Crippen molar-refractivity contribution >= 4 is 54.5 Å². The summed E-state index contributed by atoms with van der Waals surface area (Å²) < 4.78 is 2.24. The quantitative estimate of drug-likeness (QED) is 0.133. The highest BCUT2D eigenvalue weighted by molar-refractivity contribution is 6.16. The van der Waals surface area contributed by atoms with E-state index in [0.717, 1.165) is 83.0 Å². The highest BCUT2D eigenvalue weighted by Gasteiger charge is 2.18. The summed E-state index contributed by atoms with van der Waals surface area (Å²) in [6.45, 7) is 0. The maximum absolute atomic E-state index is 5.39. The predicted octanol–water partition coefficient (Wildman–Crippen LogP) is 13.1. The zero-order valence-electron chi connectivity index (χ0n) is 29.8. The van der Waals surface area contributed by atoms with E-state index in [4.69, 9.17) is 15.0 Å². The van der Waals surface area contributed by atoms with Crippen LogP contribution in [0.2, 0.25) is 0 Å². The lowest BCUT2D eigenvalue weighted by Crippen LogP contribution is -1.97. The number of rotatable bonds is 5. The molecule has 0 bridgehead atoms. The number of hydrogen-bond donors (Lipinski definition) is 0. The van der Waals surface area contributed by atoms with E-state index in [1.54, 1.807) is 0 Å². The zero-order chi connectivity index (χ0) is 36.3. The van der Waals surface area contributed by atoms with Crippen LogP contribution in [0.4, 0.5) is 0 Å². The van der Waals surface area contributed by atoms with Crippen molar-refractivity contribution in [2.24, 2.45) is 0 Å². The highest BCUT2D eigenvalue weighted by Crippen LogP contribution is 2.40. The highest BCUT2D eigenvalue weighted by atomic mass is 15.1. The van der Waals surface area contributed by atoms with Crippen LogP contribution in [-0.4, -0.2) is 19.5 Å². The summed E-state index contributed by atoms with van der Waals surface area (Å²) in [5.41, 5.74) is 13.7. The van der Waals surface area contributed by atoms with Gasteiger partial charge in [0.1, 0.15) is 5.82 Å². The summed E-state index contributed by atoms with van der Waals surface area (Å²) >= 11 is 0. The third-order valence-corrected chi connectivity index (χ3v) is 10.8. The number of para-hydroxylation sites is 4. The van der Waals surface area contributed by atoms with E-state index in [2.05, 4.69) is 187 Å². The van der Waals surface area contributed by atoms with Gasteiger partial charge in [-0.15, -0.1) is 0 Å². The van der Waals surface area contributed by atoms with Crippen LogP contribution in [0, 0.1) is 0 Å². The summed E-state index contributed by atoms with van der Waals surface area (Å²) in [5.74, 6) is 0.924. The molecule has 0 aliphatic heterocycles. The number of benzene rings is 8. The van der Waals surface area contributed by atoms with Gasteiger partial charge in [0.25, 0.3) is 0 Å². The fourth-order valence-electron chi connectivity index (χ4n) is 8.23. The Balaban J connectivity index is 1.03. The molecule has 0 N–H and O–H groups in total. The van der Waals surface area contributed by atoms with Crippen LogP contribution < -0.4 is 0 Å². The Hall–Kier alpha value is -7.43. The first kappa shape index (κ1) is 31.1. The van der Waals surface area contributed by atoms with E-state index in [-0.39, 0.29) is 0 Å². The van der Waals surface area contributed by atoms with Crippen LogP contribution in [0.25, 0.3) is 105 Å². The fourth-order valence-corrected chi connectivity index (χ4v) is 8.23. The molecule has 0 fully saturated rings. The normalized spacial score (nSPS) is 11.6. The third kappa shape index (κ3) is 5.11. The zero-order valence-corrected chi connectivity index (χ0v) is 29.8. The molecular weight excluding hydrogens is 669 g/mol. The van der Waals surface area contributed by atoms with E-state index in [0.29, 0.717) is 0 Å². The van der Waals surface area contributed by atoms with E-state index in [9.17, 15) is 0 Å². The Morgan fingerprint density at radius 1 is 0.345 bits per heavy atom. The SMILES string of the molecule is c1ccc(-c2c3ccccc3nc3c2ccc2ccc(-c4ccc(-c5ccc(-c6nc7ccccc7n6-c6ccccc6)cc5)c5ccccc45)nc23)cc1. The van der Waals surface area contributed by atoms with Crippen LogP contribution in [0.15, 0.2) is 194 Å². The molecule has 11 aromatic rings. The van der Waals surface area contributed by atoms with Gasteiger partial charge in [-0.25, -0.2) is 15.0 Å². The number of hydrogen-bond acceptors (Lipinski definition) is 3. The molecule has 0 amide bonds. The molecule has 0 aliphatic rings. The maximum atomic E-state index is 5.39. The molecule has 0 atom stereocenters. The maximum Gasteiger partial charge on any atom is 0.145 e. The van der Waals surface area contributed by atoms with Gasteiger partial charge >= 0.3 is 0 Å². The fraction of sp³-hybridized carbons (Fsp3) is 0. The van der Waals surface area contributed by atoms with Gasteiger partial charge in [0.05, 0.1) is 33.3 Å². The van der Waals surface area contributed by atoms with Gasteiger partial charge < -0.3 is 0 Å². The van der Waals surface area contributed by atoms with Crippen molar-refractivity contribution in [3.63, 3.8) is 0 Å². The molecule has 0 radical (unpaired) electrons. The Labute approximate surface area is 317 Å². The third-order valence-electron chi connectivity index (χ3n) is 10.8. The second-order valence-electron chi connectivity index (χ2n) is 14.0. The van der Waals surface area contributed by atoms with Gasteiger partial charge in [0, 0.05) is 38.5 Å². The molecule has 0 aliphatic carbocycles. The first-order valence-corrected chi connectivity index (χ1v) is 18.6. The molecule has 0 saturated carbocycles. The Morgan fingerprint density at radius 3 is 1.76 bits per heavy atom. The minimum atomic E-state index is 0.906. The molecule has 0 saturated heterocycles. The van der Waals surface area contributed by atoms with Gasteiger partial charge in [-0.05, 0) is 63.9 Å². The van der Waals surface area contributed by atoms with Crippen molar-refractivity contribution in [2.45, 2.75) is 0 Å². The standard InChI is InChI=1S/C51H32N4/c1-3-13-34(14-4-1)48-42-19-9-10-20-44(42)53-50-43(48)29-27-35-28-32-45(52-49(35)50)41-31-30-38(39-17-7-8-18-40(39)41)33-23-25-36(26-24-33)51-54-46-21-11-12-22-47(46)55(51)37-15-5-2-6-16-37/h1-32H. The summed E-state index contributed by atoms with van der Waals surface area (Å²) in [7, 11) is 0. The number of imidazole rings is 1. The summed E-state index contributed by atoms with van der Waals surface area (Å²) in [6.07, 6.45) is 0. The smallest absolute Gasteiger partial charge is 0.145 e. The van der Waals surface area contributed by atoms with Gasteiger partial charge in [-0.1, -0.05) is 158 Å². The van der Waals surface area contributed by atoms with Crippen molar-refractivity contribution < 1.29 is 0 Å². The molecule has 0 spiro atoms. The van der Waals surface area contributed by atoms with Crippen molar-refractivity contribution in [1.82, 2.24) is 19.5 Å². The Morgan fingerprint density at radius 2 is 0.964 bits per heavy atom. The minimum Gasteiger partial charge on any atom is -0.292 e. The summed E-state index contributed by atoms with van der Waals surface area (Å²) in [4.78, 5) is 15.7. The van der Waals surface area contributed by atoms with Crippen molar-refractivity contribution in [3.05, 3.63) is 194 Å². The van der Waals surface area contributed by atoms with Crippen molar-refractivity contribution in [3.8, 4) is 50.6 Å². The molecule has 3 aromatic heterocycles. The van der Waals surface area contributed by atoms with E-state index < -0.39 is 0 Å². The average Bonchev–Trinajstić information content (AvgIpc) is 3.65. The van der Waals surface area contributed by atoms with Crippen LogP contribution in [0.5, 0.6) is 0 Å². The minimum absolute atomic E-state index is 0.906. The lowest BCUT2D eigenvalue weighted by atomic mass is 9.92. The number of aromatic nitrogens is 4. The molecule has 55 heavy (non-hydrogen) atoms. The van der Waals surface area contributed by atoms with E-state index in [1.165, 1.54) is 22.1 Å². The molecule has 256 valence electrons. The average molecular weight is 701 g/mol. The topological polar surface area (TPSA) is 43.6 Å². The van der Waals surface area contributed by atoms with E-state index >= 15 is 0 Å². The first-order valence-electron chi connectivity index (χ1n) is 18.6. The summed E-state index contributed by atoms with van der Waals surface area (Å²) in [5, 5.41) is 5.65. The molecule has 4 heteroatoms. The van der Waals surface area contributed by atoms with Crippen molar-refractivity contribution in [2.75, 3.05) is 0 Å². The molecular formula is C51H32N4. The van der Waals surface area contributed by atoms with Gasteiger partial charge in [0.2, 0.25) is 0 Å². The number of nitrogens with zero attached hydrogens (tertiary/aromatic N) is 4. The number of pyridine rings is 2. The van der Waals surface area contributed by atoms with E-state index in [1.807, 2.05) is 12.1 Å². The van der Waals surface area contributed by atoms with Gasteiger partial charge in [-0.3, -0.25) is 4.57 Å². The Bertz CT molecular complexity index is 3240. The largest absolute Gasteiger partial charge is 0.292 e. The van der Waals surface area contributed by atoms with Crippen LogP contribution in [0.1, 0.15) is 0 Å². The van der Waals surface area contributed by atoms with Gasteiger partial charge in [0.15, 0.2) is 0 Å². The summed E-state index contributed by atoms with van der Waals surface area (Å²) in [6, 6.07) is 68.4. The van der Waals surface area contributed by atoms with Crippen LogP contribution in [0.3, 0.4) is 0 Å². The molecule has 8 aromatic carbocycles. The molecule has 0 unspecified atom stereocenters. The molecule has 4 nitrogen and oxygen atoms in total. The molecule has 3 heterocycles. The monoisotopic (exact) mass is 700 g/mol. The van der Waals surface area contributed by atoms with Gasteiger partial charge in [-0.2, -0.15) is 0 Å².